The second-order valence-electron chi connectivity index (χ2n) is 15.7. The molecule has 0 amide bonds. The molecule has 11 aromatic rings. The molecule has 0 radical (unpaired) electrons. The van der Waals surface area contributed by atoms with Gasteiger partial charge in [-0.25, -0.2) is 9.97 Å². The molecule has 8 aromatic carbocycles. The van der Waals surface area contributed by atoms with Gasteiger partial charge in [0.2, 0.25) is 0 Å². The SMILES string of the molecule is CC1(C)c2ccccc2-c2cc3c4cc(-c5cccc6c5oc5c(-c7nc(-c8ccccc8)c8ccccc8n7)cccc56)ccc4n(-c4ccccc4)c3cc21. The van der Waals surface area contributed by atoms with Gasteiger partial charge in [0, 0.05) is 49.2 Å². The Morgan fingerprint density at radius 2 is 1.09 bits per heavy atom. The highest BCUT2D eigenvalue weighted by atomic mass is 16.3. The Balaban J connectivity index is 1.08. The Labute approximate surface area is 329 Å². The van der Waals surface area contributed by atoms with E-state index in [1.54, 1.807) is 0 Å². The van der Waals surface area contributed by atoms with Gasteiger partial charge in [-0.05, 0) is 76.3 Å². The molecule has 0 spiro atoms. The molecular weight excluding hydrogens is 695 g/mol. The van der Waals surface area contributed by atoms with E-state index in [2.05, 4.69) is 176 Å². The zero-order chi connectivity index (χ0) is 37.8. The third-order valence-corrected chi connectivity index (χ3v) is 12.2. The maximum atomic E-state index is 6.99. The molecule has 0 N–H and O–H groups in total. The van der Waals surface area contributed by atoms with Gasteiger partial charge in [-0.15, -0.1) is 0 Å². The van der Waals surface area contributed by atoms with Crippen LogP contribution in [0.15, 0.2) is 180 Å². The van der Waals surface area contributed by atoms with Crippen molar-refractivity contribution in [2.24, 2.45) is 0 Å². The van der Waals surface area contributed by atoms with Crippen LogP contribution in [-0.4, -0.2) is 14.5 Å². The van der Waals surface area contributed by atoms with E-state index in [4.69, 9.17) is 14.4 Å². The summed E-state index contributed by atoms with van der Waals surface area (Å²) in [4.78, 5) is 10.3. The Hall–Kier alpha value is -7.30. The molecule has 0 saturated carbocycles. The van der Waals surface area contributed by atoms with E-state index < -0.39 is 0 Å². The number of nitrogens with zero attached hydrogens (tertiary/aromatic N) is 3. The number of hydrogen-bond donors (Lipinski definition) is 0. The van der Waals surface area contributed by atoms with Crippen LogP contribution in [0, 0.1) is 0 Å². The average molecular weight is 730 g/mol. The van der Waals surface area contributed by atoms with Gasteiger partial charge in [-0.1, -0.05) is 141 Å². The van der Waals surface area contributed by atoms with Gasteiger partial charge in [-0.3, -0.25) is 0 Å². The Kier molecular flexibility index (Phi) is 6.65. The summed E-state index contributed by atoms with van der Waals surface area (Å²) in [6.07, 6.45) is 0. The van der Waals surface area contributed by atoms with Gasteiger partial charge in [-0.2, -0.15) is 0 Å². The highest BCUT2D eigenvalue weighted by Gasteiger charge is 2.36. The fraction of sp³-hybridized carbons (Fsp3) is 0.0566. The number of fused-ring (bicyclic) bond motifs is 10. The fourth-order valence-electron chi connectivity index (χ4n) is 9.47. The third-order valence-electron chi connectivity index (χ3n) is 12.2. The van der Waals surface area contributed by atoms with Crippen LogP contribution in [0.2, 0.25) is 0 Å². The largest absolute Gasteiger partial charge is 0.455 e. The summed E-state index contributed by atoms with van der Waals surface area (Å²) in [5.41, 5.74) is 16.4. The average Bonchev–Trinajstić information content (AvgIpc) is 3.88. The highest BCUT2D eigenvalue weighted by molar-refractivity contribution is 6.16. The molecule has 268 valence electrons. The van der Waals surface area contributed by atoms with E-state index in [1.165, 1.54) is 44.1 Å². The number of rotatable bonds is 4. The van der Waals surface area contributed by atoms with Crippen LogP contribution in [-0.2, 0) is 5.41 Å². The third kappa shape index (κ3) is 4.62. The van der Waals surface area contributed by atoms with Crippen molar-refractivity contribution in [2.75, 3.05) is 0 Å². The first-order valence-electron chi connectivity index (χ1n) is 19.6. The molecule has 0 aliphatic heterocycles. The number of aromatic nitrogens is 3. The quantitative estimate of drug-likeness (QED) is 0.181. The van der Waals surface area contributed by atoms with E-state index in [9.17, 15) is 0 Å². The molecule has 3 heterocycles. The molecule has 4 nitrogen and oxygen atoms in total. The number of benzene rings is 8. The lowest BCUT2D eigenvalue weighted by atomic mass is 9.82. The summed E-state index contributed by atoms with van der Waals surface area (Å²) in [6.45, 7) is 4.70. The predicted octanol–water partition coefficient (Wildman–Crippen LogP) is 13.9. The Bertz CT molecular complexity index is 3430. The highest BCUT2D eigenvalue weighted by Crippen LogP contribution is 2.51. The standard InChI is InChI=1S/C53H35N3O/c1-53(2)44-25-11-9-19-36(44)41-30-43-42-29-33(27-28-47(42)56(48(43)31-45(41)53)34-17-7-4-8-18-34)35-21-13-22-37-38-23-14-24-40(51(38)57-50(35)37)52-54-46-26-12-10-20-39(46)49(55-52)32-15-5-3-6-16-32/h3-31H,1-2H3. The van der Waals surface area contributed by atoms with Gasteiger partial charge >= 0.3 is 0 Å². The van der Waals surface area contributed by atoms with Crippen LogP contribution in [0.25, 0.3) is 105 Å². The first-order valence-corrected chi connectivity index (χ1v) is 19.6. The molecule has 0 atom stereocenters. The first-order chi connectivity index (χ1) is 28.0. The van der Waals surface area contributed by atoms with Gasteiger partial charge in [0.1, 0.15) is 11.2 Å². The molecule has 3 aromatic heterocycles. The monoisotopic (exact) mass is 729 g/mol. The van der Waals surface area contributed by atoms with Gasteiger partial charge in [0.05, 0.1) is 27.8 Å². The zero-order valence-corrected chi connectivity index (χ0v) is 31.5. The maximum absolute atomic E-state index is 6.99. The second-order valence-corrected chi connectivity index (χ2v) is 15.7. The number of furan rings is 1. The summed E-state index contributed by atoms with van der Waals surface area (Å²) in [6, 6.07) is 62.7. The van der Waals surface area contributed by atoms with Gasteiger partial charge < -0.3 is 8.98 Å². The van der Waals surface area contributed by atoms with E-state index in [-0.39, 0.29) is 5.41 Å². The minimum atomic E-state index is -0.0972. The lowest BCUT2D eigenvalue weighted by molar-refractivity contribution is 0.661. The van der Waals surface area contributed by atoms with E-state index in [0.29, 0.717) is 5.82 Å². The van der Waals surface area contributed by atoms with Crippen LogP contribution in [0.3, 0.4) is 0 Å². The van der Waals surface area contributed by atoms with E-state index in [1.807, 2.05) is 18.2 Å². The fourth-order valence-corrected chi connectivity index (χ4v) is 9.47. The molecule has 0 fully saturated rings. The van der Waals surface area contributed by atoms with Crippen LogP contribution in [0.1, 0.15) is 25.0 Å². The van der Waals surface area contributed by atoms with Crippen LogP contribution in [0.5, 0.6) is 0 Å². The molecule has 0 bridgehead atoms. The summed E-state index contributed by atoms with van der Waals surface area (Å²) in [5.74, 6) is 0.645. The molecule has 1 aliphatic carbocycles. The van der Waals surface area contributed by atoms with Crippen molar-refractivity contribution in [3.05, 3.63) is 187 Å². The summed E-state index contributed by atoms with van der Waals surface area (Å²) in [7, 11) is 0. The normalized spacial score (nSPS) is 13.2. The minimum absolute atomic E-state index is 0.0972. The zero-order valence-electron chi connectivity index (χ0n) is 31.5. The van der Waals surface area contributed by atoms with Crippen LogP contribution < -0.4 is 0 Å². The van der Waals surface area contributed by atoms with E-state index >= 15 is 0 Å². The van der Waals surface area contributed by atoms with Crippen molar-refractivity contribution >= 4 is 54.6 Å². The maximum Gasteiger partial charge on any atom is 0.164 e. The van der Waals surface area contributed by atoms with Gasteiger partial charge in [0.25, 0.3) is 0 Å². The van der Waals surface area contributed by atoms with Crippen molar-refractivity contribution in [3.8, 4) is 50.6 Å². The van der Waals surface area contributed by atoms with Crippen molar-refractivity contribution in [2.45, 2.75) is 19.3 Å². The lowest BCUT2D eigenvalue weighted by Crippen LogP contribution is -2.14. The first kappa shape index (κ1) is 32.0. The van der Waals surface area contributed by atoms with Crippen molar-refractivity contribution in [1.82, 2.24) is 14.5 Å². The molecule has 0 saturated heterocycles. The van der Waals surface area contributed by atoms with Crippen LogP contribution >= 0.6 is 0 Å². The minimum Gasteiger partial charge on any atom is -0.455 e. The molecule has 12 rings (SSSR count). The van der Waals surface area contributed by atoms with Crippen molar-refractivity contribution in [1.29, 1.82) is 0 Å². The molecule has 4 heteroatoms. The van der Waals surface area contributed by atoms with Crippen LogP contribution in [0.4, 0.5) is 0 Å². The smallest absolute Gasteiger partial charge is 0.164 e. The van der Waals surface area contributed by atoms with Crippen molar-refractivity contribution < 1.29 is 4.42 Å². The van der Waals surface area contributed by atoms with Crippen molar-refractivity contribution in [3.63, 3.8) is 0 Å². The Morgan fingerprint density at radius 1 is 0.439 bits per heavy atom. The number of hydrogen-bond acceptors (Lipinski definition) is 3. The molecule has 1 aliphatic rings. The predicted molar refractivity (Wildman–Crippen MR) is 235 cm³/mol. The lowest BCUT2D eigenvalue weighted by Gasteiger charge is -2.21. The van der Waals surface area contributed by atoms with Gasteiger partial charge in [0.15, 0.2) is 5.82 Å². The molecule has 0 unspecified atom stereocenters. The Morgan fingerprint density at radius 3 is 1.91 bits per heavy atom. The summed E-state index contributed by atoms with van der Waals surface area (Å²) in [5, 5.41) is 5.58. The molecule has 57 heavy (non-hydrogen) atoms. The van der Waals surface area contributed by atoms with E-state index in [0.717, 1.165) is 66.5 Å². The number of para-hydroxylation sites is 4. The topological polar surface area (TPSA) is 43.9 Å². The molecular formula is C53H35N3O. The summed E-state index contributed by atoms with van der Waals surface area (Å²) < 4.78 is 9.42. The second kappa shape index (κ2) is 11.8. The summed E-state index contributed by atoms with van der Waals surface area (Å²) >= 11 is 0.